The first-order chi connectivity index (χ1) is 12.0. The van der Waals surface area contributed by atoms with E-state index in [0.717, 1.165) is 24.8 Å². The molecule has 134 valence electrons. The average Bonchev–Trinajstić information content (AvgIpc) is 2.85. The Hall–Kier alpha value is -1.37. The van der Waals surface area contributed by atoms with Crippen molar-refractivity contribution in [3.63, 3.8) is 0 Å². The lowest BCUT2D eigenvalue weighted by Crippen LogP contribution is -2.30. The Morgan fingerprint density at radius 1 is 1.36 bits per heavy atom. The van der Waals surface area contributed by atoms with Gasteiger partial charge in [-0.2, -0.15) is 0 Å². The van der Waals surface area contributed by atoms with Crippen LogP contribution in [-0.2, 0) is 14.3 Å². The lowest BCUT2D eigenvalue weighted by Gasteiger charge is -2.13. The summed E-state index contributed by atoms with van der Waals surface area (Å²) in [6, 6.07) is 7.29. The molecule has 1 aliphatic heterocycles. The van der Waals surface area contributed by atoms with Crippen molar-refractivity contribution in [2.75, 3.05) is 13.2 Å². The molecule has 0 radical (unpaired) electrons. The minimum atomic E-state index is -0.305. The number of thioether (sulfide) groups is 1. The number of ether oxygens (including phenoxy) is 1. The second-order valence-electron chi connectivity index (χ2n) is 5.53. The van der Waals surface area contributed by atoms with Crippen molar-refractivity contribution in [3.05, 3.63) is 39.8 Å². The molecular formula is C18H20ClNO3S2. The molecule has 0 aliphatic carbocycles. The second-order valence-corrected chi connectivity index (χ2v) is 7.62. The molecule has 0 N–H and O–H groups in total. The monoisotopic (exact) mass is 397 g/mol. The predicted octanol–water partition coefficient (Wildman–Crippen LogP) is 4.66. The molecule has 1 heterocycles. The molecule has 1 aromatic rings. The van der Waals surface area contributed by atoms with E-state index in [1.807, 2.05) is 18.2 Å². The molecule has 1 saturated heterocycles. The van der Waals surface area contributed by atoms with Crippen LogP contribution in [0.25, 0.3) is 6.08 Å². The summed E-state index contributed by atoms with van der Waals surface area (Å²) >= 11 is 12.6. The molecule has 2 rings (SSSR count). The van der Waals surface area contributed by atoms with E-state index in [9.17, 15) is 9.59 Å². The lowest BCUT2D eigenvalue weighted by molar-refractivity contribution is -0.144. The van der Waals surface area contributed by atoms with Gasteiger partial charge in [0.1, 0.15) is 4.32 Å². The van der Waals surface area contributed by atoms with Crippen LogP contribution in [0, 0.1) is 0 Å². The van der Waals surface area contributed by atoms with Crippen LogP contribution >= 0.6 is 35.6 Å². The van der Waals surface area contributed by atoms with E-state index in [-0.39, 0.29) is 24.8 Å². The van der Waals surface area contributed by atoms with Crippen molar-refractivity contribution >= 4 is 57.9 Å². The highest BCUT2D eigenvalue weighted by Gasteiger charge is 2.32. The van der Waals surface area contributed by atoms with Gasteiger partial charge in [-0.15, -0.1) is 0 Å². The smallest absolute Gasteiger partial charge is 0.307 e. The van der Waals surface area contributed by atoms with Gasteiger partial charge >= 0.3 is 5.97 Å². The number of carbonyl (C=O) groups excluding carboxylic acids is 2. The standard InChI is InChI=1S/C18H20ClNO3S2/c1-2-3-6-11-23-16(21)9-10-20-17(22)15(25-18(20)24)12-13-7-4-5-8-14(13)19/h4-5,7-8,12H,2-3,6,9-11H2,1H3/b15-12-. The normalized spacial score (nSPS) is 15.9. The number of rotatable bonds is 8. The third-order valence-electron chi connectivity index (χ3n) is 3.62. The van der Waals surface area contributed by atoms with Gasteiger partial charge in [-0.1, -0.05) is 73.5 Å². The topological polar surface area (TPSA) is 46.6 Å². The van der Waals surface area contributed by atoms with Gasteiger partial charge in [0.25, 0.3) is 5.91 Å². The Morgan fingerprint density at radius 2 is 2.12 bits per heavy atom. The highest BCUT2D eigenvalue weighted by molar-refractivity contribution is 8.26. The van der Waals surface area contributed by atoms with E-state index < -0.39 is 0 Å². The maximum Gasteiger partial charge on any atom is 0.307 e. The molecule has 1 amide bonds. The molecule has 1 aromatic carbocycles. The zero-order chi connectivity index (χ0) is 18.2. The van der Waals surface area contributed by atoms with Crippen LogP contribution in [0.4, 0.5) is 0 Å². The minimum Gasteiger partial charge on any atom is -0.466 e. The van der Waals surface area contributed by atoms with Crippen molar-refractivity contribution in [1.29, 1.82) is 0 Å². The predicted molar refractivity (Wildman–Crippen MR) is 106 cm³/mol. The fourth-order valence-corrected chi connectivity index (χ4v) is 3.73. The molecule has 0 atom stereocenters. The molecule has 1 aliphatic rings. The van der Waals surface area contributed by atoms with E-state index in [2.05, 4.69) is 6.92 Å². The van der Waals surface area contributed by atoms with Crippen molar-refractivity contribution in [2.45, 2.75) is 32.6 Å². The Kier molecular flexibility index (Phi) is 7.93. The maximum atomic E-state index is 12.5. The zero-order valence-electron chi connectivity index (χ0n) is 14.0. The first-order valence-corrected chi connectivity index (χ1v) is 9.78. The number of unbranched alkanes of at least 4 members (excludes halogenated alkanes) is 2. The van der Waals surface area contributed by atoms with E-state index in [1.165, 1.54) is 16.7 Å². The molecule has 25 heavy (non-hydrogen) atoms. The summed E-state index contributed by atoms with van der Waals surface area (Å²) in [5.74, 6) is -0.506. The lowest BCUT2D eigenvalue weighted by atomic mass is 10.2. The molecule has 0 bridgehead atoms. The Labute approximate surface area is 162 Å². The number of benzene rings is 1. The number of hydrogen-bond donors (Lipinski definition) is 0. The van der Waals surface area contributed by atoms with E-state index >= 15 is 0 Å². The summed E-state index contributed by atoms with van der Waals surface area (Å²) in [4.78, 5) is 26.2. The van der Waals surface area contributed by atoms with Gasteiger partial charge in [0, 0.05) is 11.6 Å². The number of halogens is 1. The van der Waals surface area contributed by atoms with E-state index in [0.29, 0.717) is 20.9 Å². The minimum absolute atomic E-state index is 0.137. The fourth-order valence-electron chi connectivity index (χ4n) is 2.24. The average molecular weight is 398 g/mol. The van der Waals surface area contributed by atoms with Crippen molar-refractivity contribution in [2.24, 2.45) is 0 Å². The van der Waals surface area contributed by atoms with Gasteiger partial charge in [0.15, 0.2) is 0 Å². The number of thiocarbonyl (C=S) groups is 1. The summed E-state index contributed by atoms with van der Waals surface area (Å²) in [6.45, 7) is 2.75. The van der Waals surface area contributed by atoms with Gasteiger partial charge < -0.3 is 4.74 Å². The van der Waals surface area contributed by atoms with Crippen LogP contribution in [0.5, 0.6) is 0 Å². The zero-order valence-corrected chi connectivity index (χ0v) is 16.4. The molecule has 0 spiro atoms. The third kappa shape index (κ3) is 5.83. The van der Waals surface area contributed by atoms with Gasteiger partial charge in [-0.25, -0.2) is 0 Å². The largest absolute Gasteiger partial charge is 0.466 e. The summed E-state index contributed by atoms with van der Waals surface area (Å²) in [5.41, 5.74) is 0.764. The van der Waals surface area contributed by atoms with Crippen molar-refractivity contribution in [3.8, 4) is 0 Å². The SMILES string of the molecule is CCCCCOC(=O)CCN1C(=O)/C(=C/c2ccccc2Cl)SC1=S. The molecule has 0 unspecified atom stereocenters. The van der Waals surface area contributed by atoms with Crippen LogP contribution < -0.4 is 0 Å². The van der Waals surface area contributed by atoms with Crippen LogP contribution in [0.2, 0.25) is 5.02 Å². The van der Waals surface area contributed by atoms with Crippen LogP contribution in [0.1, 0.15) is 38.2 Å². The summed E-state index contributed by atoms with van der Waals surface area (Å²) < 4.78 is 5.60. The van der Waals surface area contributed by atoms with Gasteiger partial charge in [0.05, 0.1) is 17.9 Å². The van der Waals surface area contributed by atoms with Crippen LogP contribution in [0.15, 0.2) is 29.2 Å². The summed E-state index contributed by atoms with van der Waals surface area (Å²) in [6.07, 6.45) is 4.84. The Bertz CT molecular complexity index is 691. The molecule has 0 saturated carbocycles. The third-order valence-corrected chi connectivity index (χ3v) is 5.34. The van der Waals surface area contributed by atoms with Crippen molar-refractivity contribution < 1.29 is 14.3 Å². The number of carbonyl (C=O) groups is 2. The van der Waals surface area contributed by atoms with Crippen molar-refractivity contribution in [1.82, 2.24) is 4.90 Å². The van der Waals surface area contributed by atoms with Crippen LogP contribution in [-0.4, -0.2) is 34.2 Å². The second kappa shape index (κ2) is 9.94. The number of amides is 1. The van der Waals surface area contributed by atoms with E-state index in [4.69, 9.17) is 28.6 Å². The molecular weight excluding hydrogens is 378 g/mol. The highest BCUT2D eigenvalue weighted by Crippen LogP contribution is 2.33. The van der Waals surface area contributed by atoms with Gasteiger partial charge in [0.2, 0.25) is 0 Å². The van der Waals surface area contributed by atoms with E-state index in [1.54, 1.807) is 12.1 Å². The maximum absolute atomic E-state index is 12.5. The first kappa shape index (κ1) is 19.9. The quantitative estimate of drug-likeness (QED) is 0.276. The number of hydrogen-bond acceptors (Lipinski definition) is 5. The van der Waals surface area contributed by atoms with Crippen LogP contribution in [0.3, 0.4) is 0 Å². The highest BCUT2D eigenvalue weighted by atomic mass is 35.5. The number of nitrogens with zero attached hydrogens (tertiary/aromatic N) is 1. The molecule has 4 nitrogen and oxygen atoms in total. The Balaban J connectivity index is 1.91. The van der Waals surface area contributed by atoms with Gasteiger partial charge in [-0.05, 0) is 24.1 Å². The fraction of sp³-hybridized carbons (Fsp3) is 0.389. The molecule has 7 heteroatoms. The molecule has 0 aromatic heterocycles. The number of esters is 1. The Morgan fingerprint density at radius 3 is 2.84 bits per heavy atom. The van der Waals surface area contributed by atoms with Gasteiger partial charge in [-0.3, -0.25) is 14.5 Å². The summed E-state index contributed by atoms with van der Waals surface area (Å²) in [5, 5.41) is 0.573. The molecule has 1 fully saturated rings. The summed E-state index contributed by atoms with van der Waals surface area (Å²) in [7, 11) is 0. The first-order valence-electron chi connectivity index (χ1n) is 8.18.